The summed E-state index contributed by atoms with van der Waals surface area (Å²) < 4.78 is 11.0. The van der Waals surface area contributed by atoms with Gasteiger partial charge in [-0.15, -0.1) is 0 Å². The number of methoxy groups -OCH3 is 1. The number of rotatable bonds is 1. The molecule has 0 N–H and O–H groups in total. The van der Waals surface area contributed by atoms with Crippen LogP contribution >= 0.6 is 0 Å². The molecule has 0 saturated carbocycles. The van der Waals surface area contributed by atoms with Crippen LogP contribution in [-0.2, 0) is 11.2 Å². The van der Waals surface area contributed by atoms with E-state index in [4.69, 9.17) is 9.47 Å². The van der Waals surface area contributed by atoms with Gasteiger partial charge in [0.05, 0.1) is 7.11 Å². The van der Waals surface area contributed by atoms with Gasteiger partial charge in [0.2, 0.25) is 0 Å². The molecule has 23 heavy (non-hydrogen) atoms. The van der Waals surface area contributed by atoms with Crippen LogP contribution in [0.5, 0.6) is 5.75 Å². The molecule has 3 rings (SSSR count). The zero-order valence-corrected chi connectivity index (χ0v) is 14.6. The predicted octanol–water partition coefficient (Wildman–Crippen LogP) is 3.98. The van der Waals surface area contributed by atoms with E-state index in [0.29, 0.717) is 11.8 Å². The Hall–Kier alpha value is -1.71. The van der Waals surface area contributed by atoms with Crippen molar-refractivity contribution in [1.29, 1.82) is 0 Å². The van der Waals surface area contributed by atoms with Crippen LogP contribution in [0.15, 0.2) is 18.2 Å². The second kappa shape index (κ2) is 6.06. The standard InChI is InChI=1S/C19H27NO3/c1-19(2,3)23-18(21)20-11-14-7-5-6-13-8-9-15(22-4)10-16(13)17(14)12-20/h8-10,14,17H,5-7,11-12H2,1-4H3. The smallest absolute Gasteiger partial charge is 0.410 e. The summed E-state index contributed by atoms with van der Waals surface area (Å²) in [5.74, 6) is 1.83. The van der Waals surface area contributed by atoms with Gasteiger partial charge in [0.25, 0.3) is 0 Å². The Bertz CT molecular complexity index is 591. The fourth-order valence-corrected chi connectivity index (χ4v) is 3.82. The normalized spacial score (nSPS) is 23.7. The highest BCUT2D eigenvalue weighted by atomic mass is 16.6. The Morgan fingerprint density at radius 2 is 2.04 bits per heavy atom. The first kappa shape index (κ1) is 16.2. The molecule has 0 bridgehead atoms. The van der Waals surface area contributed by atoms with Gasteiger partial charge in [0.1, 0.15) is 11.4 Å². The zero-order valence-electron chi connectivity index (χ0n) is 14.6. The molecule has 1 aromatic rings. The van der Waals surface area contributed by atoms with E-state index in [1.165, 1.54) is 24.0 Å². The summed E-state index contributed by atoms with van der Waals surface area (Å²) in [4.78, 5) is 14.3. The van der Waals surface area contributed by atoms with Gasteiger partial charge in [-0.05, 0) is 69.2 Å². The van der Waals surface area contributed by atoms with Crippen molar-refractivity contribution >= 4 is 6.09 Å². The molecule has 2 unspecified atom stereocenters. The number of ether oxygens (including phenoxy) is 2. The number of hydrogen-bond acceptors (Lipinski definition) is 3. The average molecular weight is 317 g/mol. The van der Waals surface area contributed by atoms with Gasteiger partial charge in [-0.2, -0.15) is 0 Å². The van der Waals surface area contributed by atoms with E-state index >= 15 is 0 Å². The highest BCUT2D eigenvalue weighted by Gasteiger charge is 2.39. The summed E-state index contributed by atoms with van der Waals surface area (Å²) in [6, 6.07) is 6.39. The number of amides is 1. The SMILES string of the molecule is COc1ccc2c(c1)C1CN(C(=O)OC(C)(C)C)CC1CCC2. The van der Waals surface area contributed by atoms with Crippen LogP contribution in [0.2, 0.25) is 0 Å². The third-order valence-corrected chi connectivity index (χ3v) is 4.87. The molecule has 1 saturated heterocycles. The first-order valence-electron chi connectivity index (χ1n) is 8.52. The van der Waals surface area contributed by atoms with Crippen molar-refractivity contribution in [2.75, 3.05) is 20.2 Å². The maximum absolute atomic E-state index is 12.4. The van der Waals surface area contributed by atoms with Crippen molar-refractivity contribution in [3.05, 3.63) is 29.3 Å². The summed E-state index contributed by atoms with van der Waals surface area (Å²) in [6.45, 7) is 7.30. The number of carbonyl (C=O) groups is 1. The van der Waals surface area contributed by atoms with E-state index in [-0.39, 0.29) is 6.09 Å². The van der Waals surface area contributed by atoms with Crippen molar-refractivity contribution in [2.45, 2.75) is 51.6 Å². The van der Waals surface area contributed by atoms with E-state index < -0.39 is 5.60 Å². The Kier molecular flexibility index (Phi) is 4.26. The number of aryl methyl sites for hydroxylation is 1. The van der Waals surface area contributed by atoms with E-state index in [9.17, 15) is 4.79 Å². The Morgan fingerprint density at radius 1 is 1.26 bits per heavy atom. The summed E-state index contributed by atoms with van der Waals surface area (Å²) in [5, 5.41) is 0. The average Bonchev–Trinajstić information content (AvgIpc) is 2.83. The van der Waals surface area contributed by atoms with Crippen molar-refractivity contribution in [2.24, 2.45) is 5.92 Å². The number of fused-ring (bicyclic) bond motifs is 3. The van der Waals surface area contributed by atoms with Crippen LogP contribution in [0, 0.1) is 5.92 Å². The number of benzene rings is 1. The van der Waals surface area contributed by atoms with Crippen LogP contribution in [0.1, 0.15) is 50.7 Å². The molecule has 0 spiro atoms. The maximum Gasteiger partial charge on any atom is 0.410 e. The molecular weight excluding hydrogens is 290 g/mol. The van der Waals surface area contributed by atoms with E-state index in [1.807, 2.05) is 31.7 Å². The third kappa shape index (κ3) is 3.46. The lowest BCUT2D eigenvalue weighted by atomic mass is 9.87. The topological polar surface area (TPSA) is 38.8 Å². The first-order valence-corrected chi connectivity index (χ1v) is 8.52. The predicted molar refractivity (Wildman–Crippen MR) is 90.0 cm³/mol. The lowest BCUT2D eigenvalue weighted by Crippen LogP contribution is -2.35. The molecule has 2 atom stereocenters. The van der Waals surface area contributed by atoms with Gasteiger partial charge in [0, 0.05) is 19.0 Å². The van der Waals surface area contributed by atoms with Crippen LogP contribution < -0.4 is 4.74 Å². The van der Waals surface area contributed by atoms with Gasteiger partial charge < -0.3 is 14.4 Å². The zero-order chi connectivity index (χ0) is 16.6. The molecule has 1 fully saturated rings. The highest BCUT2D eigenvalue weighted by Crippen LogP contribution is 2.41. The Labute approximate surface area is 138 Å². The minimum Gasteiger partial charge on any atom is -0.497 e. The number of likely N-dealkylation sites (tertiary alicyclic amines) is 1. The largest absolute Gasteiger partial charge is 0.497 e. The lowest BCUT2D eigenvalue weighted by Gasteiger charge is -2.24. The van der Waals surface area contributed by atoms with Gasteiger partial charge in [-0.1, -0.05) is 6.07 Å². The van der Waals surface area contributed by atoms with E-state index in [2.05, 4.69) is 12.1 Å². The molecule has 1 aromatic carbocycles. The van der Waals surface area contributed by atoms with Crippen LogP contribution in [-0.4, -0.2) is 36.8 Å². The van der Waals surface area contributed by atoms with E-state index in [0.717, 1.165) is 25.3 Å². The van der Waals surface area contributed by atoms with Crippen molar-refractivity contribution in [3.8, 4) is 5.75 Å². The molecule has 1 amide bonds. The van der Waals surface area contributed by atoms with Gasteiger partial charge >= 0.3 is 6.09 Å². The maximum atomic E-state index is 12.4. The summed E-state index contributed by atoms with van der Waals surface area (Å²) in [6.07, 6.45) is 3.29. The van der Waals surface area contributed by atoms with Crippen LogP contribution in [0.25, 0.3) is 0 Å². The number of carbonyl (C=O) groups excluding carboxylic acids is 1. The fraction of sp³-hybridized carbons (Fsp3) is 0.632. The molecule has 126 valence electrons. The second-order valence-electron chi connectivity index (χ2n) is 7.71. The molecule has 1 heterocycles. The molecular formula is C19H27NO3. The summed E-state index contributed by atoms with van der Waals surface area (Å²) in [5.41, 5.74) is 2.32. The molecule has 4 nitrogen and oxygen atoms in total. The molecule has 0 aromatic heterocycles. The van der Waals surface area contributed by atoms with Crippen LogP contribution in [0.4, 0.5) is 4.79 Å². The van der Waals surface area contributed by atoms with Crippen LogP contribution in [0.3, 0.4) is 0 Å². The minimum atomic E-state index is -0.442. The third-order valence-electron chi connectivity index (χ3n) is 4.87. The van der Waals surface area contributed by atoms with Crippen molar-refractivity contribution in [3.63, 3.8) is 0 Å². The fourth-order valence-electron chi connectivity index (χ4n) is 3.82. The van der Waals surface area contributed by atoms with Gasteiger partial charge in [-0.25, -0.2) is 4.79 Å². The van der Waals surface area contributed by atoms with Crippen molar-refractivity contribution in [1.82, 2.24) is 4.90 Å². The van der Waals surface area contributed by atoms with Gasteiger partial charge in [-0.3, -0.25) is 0 Å². The molecule has 2 aliphatic rings. The highest BCUT2D eigenvalue weighted by molar-refractivity contribution is 5.69. The number of nitrogens with zero attached hydrogens (tertiary/aromatic N) is 1. The Balaban J connectivity index is 1.82. The molecule has 0 radical (unpaired) electrons. The second-order valence-corrected chi connectivity index (χ2v) is 7.71. The monoisotopic (exact) mass is 317 g/mol. The number of hydrogen-bond donors (Lipinski definition) is 0. The summed E-state index contributed by atoms with van der Waals surface area (Å²) in [7, 11) is 1.71. The quantitative estimate of drug-likeness (QED) is 0.786. The first-order chi connectivity index (χ1) is 10.9. The molecule has 1 aliphatic carbocycles. The minimum absolute atomic E-state index is 0.185. The van der Waals surface area contributed by atoms with E-state index in [1.54, 1.807) is 7.11 Å². The summed E-state index contributed by atoms with van der Waals surface area (Å²) >= 11 is 0. The van der Waals surface area contributed by atoms with Crippen molar-refractivity contribution < 1.29 is 14.3 Å². The van der Waals surface area contributed by atoms with Gasteiger partial charge in [0.15, 0.2) is 0 Å². The lowest BCUT2D eigenvalue weighted by molar-refractivity contribution is 0.0286. The molecule has 4 heteroatoms. The Morgan fingerprint density at radius 3 is 2.74 bits per heavy atom. The molecule has 1 aliphatic heterocycles.